The molecule has 3 rings (SSSR count). The number of para-hydroxylation sites is 1. The number of methoxy groups -OCH3 is 3. The molecule has 0 radical (unpaired) electrons. The molecule has 1 aliphatic heterocycles. The van der Waals surface area contributed by atoms with Crippen LogP contribution in [0.25, 0.3) is 0 Å². The third kappa shape index (κ3) is 3.67. The van der Waals surface area contributed by atoms with E-state index in [2.05, 4.69) is 5.32 Å². The molecule has 7 heteroatoms. The van der Waals surface area contributed by atoms with Crippen LogP contribution in [0.3, 0.4) is 0 Å². The van der Waals surface area contributed by atoms with Gasteiger partial charge in [-0.05, 0) is 30.3 Å². The minimum absolute atomic E-state index is 0.127. The summed E-state index contributed by atoms with van der Waals surface area (Å²) >= 11 is 1.71. The third-order valence-electron chi connectivity index (χ3n) is 4.19. The van der Waals surface area contributed by atoms with Gasteiger partial charge in [-0.2, -0.15) is 0 Å². The number of hydrogen-bond acceptors (Lipinski definition) is 5. The van der Waals surface area contributed by atoms with Crippen molar-refractivity contribution in [3.63, 3.8) is 0 Å². The predicted octanol–water partition coefficient (Wildman–Crippen LogP) is 3.99. The summed E-state index contributed by atoms with van der Waals surface area (Å²) in [5.41, 5.74) is 1.66. The number of ether oxygens (including phenoxy) is 3. The number of hydrogen-bond donors (Lipinski definition) is 1. The molecule has 0 bridgehead atoms. The van der Waals surface area contributed by atoms with E-state index in [-0.39, 0.29) is 11.4 Å². The second-order valence-electron chi connectivity index (χ2n) is 5.66. The first-order chi connectivity index (χ1) is 12.7. The molecular weight excluding hydrogens is 352 g/mol. The maximum Gasteiger partial charge on any atom is 0.323 e. The Morgan fingerprint density at radius 3 is 2.50 bits per heavy atom. The molecular formula is C19H22N2O4S. The second-order valence-corrected chi connectivity index (χ2v) is 6.85. The van der Waals surface area contributed by atoms with E-state index in [9.17, 15) is 4.79 Å². The van der Waals surface area contributed by atoms with Gasteiger partial charge in [-0.25, -0.2) is 4.79 Å². The molecule has 1 fully saturated rings. The molecule has 0 spiro atoms. The Bertz CT molecular complexity index is 767. The van der Waals surface area contributed by atoms with Gasteiger partial charge in [0, 0.05) is 23.5 Å². The smallest absolute Gasteiger partial charge is 0.323 e. The first-order valence-electron chi connectivity index (χ1n) is 8.22. The van der Waals surface area contributed by atoms with Gasteiger partial charge in [0.05, 0.1) is 21.3 Å². The fourth-order valence-corrected chi connectivity index (χ4v) is 4.18. The van der Waals surface area contributed by atoms with Gasteiger partial charge in [-0.1, -0.05) is 12.1 Å². The Balaban J connectivity index is 1.80. The molecule has 0 saturated carbocycles. The predicted molar refractivity (Wildman–Crippen MR) is 103 cm³/mol. The lowest BCUT2D eigenvalue weighted by Gasteiger charge is -2.26. The van der Waals surface area contributed by atoms with Crippen molar-refractivity contribution in [1.82, 2.24) is 4.90 Å². The largest absolute Gasteiger partial charge is 0.497 e. The Kier molecular flexibility index (Phi) is 5.78. The lowest BCUT2D eigenvalue weighted by atomic mass is 10.1. The Hall–Kier alpha value is -2.54. The quantitative estimate of drug-likeness (QED) is 0.857. The molecule has 0 aromatic heterocycles. The highest BCUT2D eigenvalue weighted by Crippen LogP contribution is 2.45. The zero-order chi connectivity index (χ0) is 18.5. The zero-order valence-electron chi connectivity index (χ0n) is 15.0. The highest BCUT2D eigenvalue weighted by atomic mass is 32.2. The van der Waals surface area contributed by atoms with Gasteiger partial charge in [0.15, 0.2) is 11.5 Å². The van der Waals surface area contributed by atoms with E-state index in [0.717, 1.165) is 22.8 Å². The minimum Gasteiger partial charge on any atom is -0.497 e. The van der Waals surface area contributed by atoms with Crippen molar-refractivity contribution >= 4 is 23.5 Å². The van der Waals surface area contributed by atoms with E-state index in [1.165, 1.54) is 0 Å². The van der Waals surface area contributed by atoms with Crippen molar-refractivity contribution in [2.45, 2.75) is 5.37 Å². The van der Waals surface area contributed by atoms with Gasteiger partial charge in [0.25, 0.3) is 0 Å². The van der Waals surface area contributed by atoms with Crippen LogP contribution in [0.4, 0.5) is 10.5 Å². The fraction of sp³-hybridized carbons (Fsp3) is 0.316. The van der Waals surface area contributed by atoms with Gasteiger partial charge in [-0.3, -0.25) is 0 Å². The van der Waals surface area contributed by atoms with Crippen LogP contribution in [0.15, 0.2) is 42.5 Å². The van der Waals surface area contributed by atoms with E-state index < -0.39 is 0 Å². The third-order valence-corrected chi connectivity index (χ3v) is 5.44. The van der Waals surface area contributed by atoms with Crippen LogP contribution in [0.1, 0.15) is 10.9 Å². The van der Waals surface area contributed by atoms with E-state index in [1.807, 2.05) is 47.4 Å². The Morgan fingerprint density at radius 2 is 1.85 bits per heavy atom. The van der Waals surface area contributed by atoms with Crippen molar-refractivity contribution in [2.75, 3.05) is 38.9 Å². The van der Waals surface area contributed by atoms with Gasteiger partial charge in [0.2, 0.25) is 0 Å². The summed E-state index contributed by atoms with van der Waals surface area (Å²) in [6.45, 7) is 0.664. The van der Waals surface area contributed by atoms with Gasteiger partial charge < -0.3 is 24.4 Å². The number of benzene rings is 2. The maximum atomic E-state index is 12.8. The van der Waals surface area contributed by atoms with Crippen molar-refractivity contribution < 1.29 is 19.0 Å². The molecule has 1 heterocycles. The number of urea groups is 1. The normalized spacial score (nSPS) is 16.3. The zero-order valence-corrected chi connectivity index (χ0v) is 15.8. The molecule has 2 amide bonds. The SMILES string of the molecule is COc1ccc(NC(=O)N2CCS[C@@H]2c2cccc(OC)c2OC)cc1. The molecule has 1 N–H and O–H groups in total. The number of thioether (sulfide) groups is 1. The molecule has 0 aliphatic carbocycles. The van der Waals surface area contributed by atoms with E-state index in [1.54, 1.807) is 33.1 Å². The van der Waals surface area contributed by atoms with Crippen LogP contribution in [-0.4, -0.2) is 44.6 Å². The number of amides is 2. The summed E-state index contributed by atoms with van der Waals surface area (Å²) < 4.78 is 16.1. The highest BCUT2D eigenvalue weighted by Gasteiger charge is 2.33. The summed E-state index contributed by atoms with van der Waals surface area (Å²) in [6, 6.07) is 12.9. The number of carbonyl (C=O) groups excluding carboxylic acids is 1. The maximum absolute atomic E-state index is 12.8. The first-order valence-corrected chi connectivity index (χ1v) is 9.27. The van der Waals surface area contributed by atoms with E-state index >= 15 is 0 Å². The number of carbonyl (C=O) groups is 1. The number of nitrogens with zero attached hydrogens (tertiary/aromatic N) is 1. The summed E-state index contributed by atoms with van der Waals surface area (Å²) in [4.78, 5) is 14.6. The van der Waals surface area contributed by atoms with Crippen LogP contribution >= 0.6 is 11.8 Å². The molecule has 1 aliphatic rings. The van der Waals surface area contributed by atoms with Gasteiger partial charge in [-0.15, -0.1) is 11.8 Å². The summed E-state index contributed by atoms with van der Waals surface area (Å²) in [5, 5.41) is 2.82. The van der Waals surface area contributed by atoms with E-state index in [0.29, 0.717) is 18.0 Å². The lowest BCUT2D eigenvalue weighted by Crippen LogP contribution is -2.34. The summed E-state index contributed by atoms with van der Waals surface area (Å²) in [5.74, 6) is 2.93. The fourth-order valence-electron chi connectivity index (χ4n) is 2.91. The molecule has 0 unspecified atom stereocenters. The average molecular weight is 374 g/mol. The minimum atomic E-state index is -0.143. The van der Waals surface area contributed by atoms with Gasteiger partial charge >= 0.3 is 6.03 Å². The summed E-state index contributed by atoms with van der Waals surface area (Å²) in [7, 11) is 4.83. The van der Waals surface area contributed by atoms with Gasteiger partial charge in [0.1, 0.15) is 11.1 Å². The van der Waals surface area contributed by atoms with Crippen LogP contribution in [0.2, 0.25) is 0 Å². The number of nitrogens with one attached hydrogen (secondary N) is 1. The Morgan fingerprint density at radius 1 is 1.08 bits per heavy atom. The van der Waals surface area contributed by atoms with Crippen molar-refractivity contribution in [1.29, 1.82) is 0 Å². The number of rotatable bonds is 5. The van der Waals surface area contributed by atoms with Crippen LogP contribution in [0.5, 0.6) is 17.2 Å². The van der Waals surface area contributed by atoms with E-state index in [4.69, 9.17) is 14.2 Å². The Labute approximate surface area is 157 Å². The highest BCUT2D eigenvalue weighted by molar-refractivity contribution is 7.99. The van der Waals surface area contributed by atoms with Crippen LogP contribution in [0, 0.1) is 0 Å². The molecule has 1 saturated heterocycles. The monoisotopic (exact) mass is 374 g/mol. The average Bonchev–Trinajstić information content (AvgIpc) is 3.17. The molecule has 1 atom stereocenters. The molecule has 6 nitrogen and oxygen atoms in total. The topological polar surface area (TPSA) is 60.0 Å². The summed E-state index contributed by atoms with van der Waals surface area (Å²) in [6.07, 6.45) is 0. The van der Waals surface area contributed by atoms with Crippen molar-refractivity contribution in [2.24, 2.45) is 0 Å². The first kappa shape index (κ1) is 18.3. The van der Waals surface area contributed by atoms with Crippen molar-refractivity contribution in [3.8, 4) is 17.2 Å². The number of anilines is 1. The molecule has 26 heavy (non-hydrogen) atoms. The van der Waals surface area contributed by atoms with Crippen LogP contribution in [-0.2, 0) is 0 Å². The standard InChI is InChI=1S/C19H22N2O4S/c1-23-14-9-7-13(8-10-14)20-19(22)21-11-12-26-18(21)15-5-4-6-16(24-2)17(15)25-3/h4-10,18H,11-12H2,1-3H3,(H,20,22)/t18-/m1/s1. The molecule has 2 aromatic carbocycles. The van der Waals surface area contributed by atoms with Crippen LogP contribution < -0.4 is 19.5 Å². The lowest BCUT2D eigenvalue weighted by molar-refractivity contribution is 0.213. The molecule has 2 aromatic rings. The second kappa shape index (κ2) is 8.23. The van der Waals surface area contributed by atoms with Crippen molar-refractivity contribution in [3.05, 3.63) is 48.0 Å². The molecule has 138 valence electrons.